The SMILES string of the molecule is CC(O)(CNN)c1ccc2c(c1)OCCO2. The molecule has 16 heavy (non-hydrogen) atoms. The van der Waals surface area contributed by atoms with E-state index in [0.29, 0.717) is 24.7 Å². The maximum absolute atomic E-state index is 10.1. The van der Waals surface area contributed by atoms with Gasteiger partial charge < -0.3 is 14.6 Å². The third kappa shape index (κ3) is 2.11. The largest absolute Gasteiger partial charge is 0.486 e. The lowest BCUT2D eigenvalue weighted by Gasteiger charge is -2.25. The van der Waals surface area contributed by atoms with Gasteiger partial charge in [-0.25, -0.2) is 0 Å². The monoisotopic (exact) mass is 224 g/mol. The highest BCUT2D eigenvalue weighted by Crippen LogP contribution is 2.34. The topological polar surface area (TPSA) is 76.7 Å². The Morgan fingerprint density at radius 3 is 2.75 bits per heavy atom. The van der Waals surface area contributed by atoms with Gasteiger partial charge in [0.2, 0.25) is 0 Å². The standard InChI is InChI=1S/C11H16N2O3/c1-11(14,7-13-12)8-2-3-9-10(6-8)16-5-4-15-9/h2-3,6,13-14H,4-5,7,12H2,1H3. The van der Waals surface area contributed by atoms with E-state index in [-0.39, 0.29) is 6.54 Å². The summed E-state index contributed by atoms with van der Waals surface area (Å²) in [5, 5.41) is 10.1. The zero-order chi connectivity index (χ0) is 11.6. The van der Waals surface area contributed by atoms with Gasteiger partial charge in [0.15, 0.2) is 11.5 Å². The van der Waals surface area contributed by atoms with Crippen LogP contribution in [-0.2, 0) is 5.60 Å². The molecule has 0 bridgehead atoms. The number of hydrazine groups is 1. The number of nitrogens with two attached hydrogens (primary N) is 1. The van der Waals surface area contributed by atoms with E-state index in [2.05, 4.69) is 5.43 Å². The molecule has 0 spiro atoms. The summed E-state index contributed by atoms with van der Waals surface area (Å²) in [5.41, 5.74) is 2.19. The molecule has 5 heteroatoms. The number of nitrogens with one attached hydrogen (secondary N) is 1. The predicted molar refractivity (Wildman–Crippen MR) is 59.2 cm³/mol. The minimum atomic E-state index is -1.02. The molecule has 0 saturated heterocycles. The van der Waals surface area contributed by atoms with E-state index in [0.717, 1.165) is 5.56 Å². The summed E-state index contributed by atoms with van der Waals surface area (Å²) in [6, 6.07) is 5.39. The van der Waals surface area contributed by atoms with Crippen LogP contribution in [0.3, 0.4) is 0 Å². The van der Waals surface area contributed by atoms with E-state index in [1.54, 1.807) is 19.1 Å². The fourth-order valence-corrected chi connectivity index (χ4v) is 1.68. The molecule has 1 aromatic carbocycles. The molecule has 0 aromatic heterocycles. The molecule has 88 valence electrons. The second-order valence-electron chi connectivity index (χ2n) is 4.01. The molecule has 4 N–H and O–H groups in total. The van der Waals surface area contributed by atoms with Crippen LogP contribution in [0.25, 0.3) is 0 Å². The fraction of sp³-hybridized carbons (Fsp3) is 0.455. The van der Waals surface area contributed by atoms with Crippen molar-refractivity contribution in [1.82, 2.24) is 5.43 Å². The summed E-state index contributed by atoms with van der Waals surface area (Å²) in [6.07, 6.45) is 0. The number of rotatable bonds is 3. The van der Waals surface area contributed by atoms with Crippen LogP contribution < -0.4 is 20.7 Å². The number of fused-ring (bicyclic) bond motifs is 1. The van der Waals surface area contributed by atoms with Gasteiger partial charge >= 0.3 is 0 Å². The Labute approximate surface area is 94.1 Å². The summed E-state index contributed by atoms with van der Waals surface area (Å²) < 4.78 is 10.9. The molecule has 1 aromatic rings. The zero-order valence-corrected chi connectivity index (χ0v) is 9.19. The molecular weight excluding hydrogens is 208 g/mol. The number of aliphatic hydroxyl groups is 1. The Morgan fingerprint density at radius 1 is 1.38 bits per heavy atom. The van der Waals surface area contributed by atoms with Crippen LogP contribution in [0.15, 0.2) is 18.2 Å². The van der Waals surface area contributed by atoms with Crippen molar-refractivity contribution in [3.63, 3.8) is 0 Å². The van der Waals surface area contributed by atoms with Crippen molar-refractivity contribution in [2.45, 2.75) is 12.5 Å². The lowest BCUT2D eigenvalue weighted by atomic mass is 9.96. The second kappa shape index (κ2) is 4.29. The van der Waals surface area contributed by atoms with Crippen molar-refractivity contribution in [3.05, 3.63) is 23.8 Å². The third-order valence-electron chi connectivity index (χ3n) is 2.61. The number of benzene rings is 1. The molecule has 1 aliphatic rings. The van der Waals surface area contributed by atoms with E-state index in [1.165, 1.54) is 0 Å². The minimum absolute atomic E-state index is 0.270. The van der Waals surface area contributed by atoms with E-state index in [1.807, 2.05) is 6.07 Å². The number of ether oxygens (including phenoxy) is 2. The third-order valence-corrected chi connectivity index (χ3v) is 2.61. The first kappa shape index (κ1) is 11.2. The van der Waals surface area contributed by atoms with Crippen molar-refractivity contribution >= 4 is 0 Å². The van der Waals surface area contributed by atoms with Crippen LogP contribution in [0, 0.1) is 0 Å². The van der Waals surface area contributed by atoms with E-state index < -0.39 is 5.60 Å². The summed E-state index contributed by atoms with van der Waals surface area (Å²) in [6.45, 7) is 3.06. The van der Waals surface area contributed by atoms with E-state index >= 15 is 0 Å². The molecule has 1 heterocycles. The molecule has 0 radical (unpaired) electrons. The maximum atomic E-state index is 10.1. The first-order valence-corrected chi connectivity index (χ1v) is 5.19. The molecular formula is C11H16N2O3. The van der Waals surface area contributed by atoms with Crippen LogP contribution in [0.5, 0.6) is 11.5 Å². The number of hydrogen-bond acceptors (Lipinski definition) is 5. The van der Waals surface area contributed by atoms with Gasteiger partial charge in [0.25, 0.3) is 0 Å². The Kier molecular flexibility index (Phi) is 3.00. The highest BCUT2D eigenvalue weighted by atomic mass is 16.6. The van der Waals surface area contributed by atoms with Gasteiger partial charge in [-0.1, -0.05) is 6.07 Å². The Bertz CT molecular complexity index is 379. The molecule has 2 rings (SSSR count). The molecule has 1 atom stereocenters. The average Bonchev–Trinajstić information content (AvgIpc) is 2.28. The first-order chi connectivity index (χ1) is 7.63. The minimum Gasteiger partial charge on any atom is -0.486 e. The van der Waals surface area contributed by atoms with Crippen molar-refractivity contribution in [3.8, 4) is 11.5 Å². The molecule has 1 unspecified atom stereocenters. The summed E-state index contributed by atoms with van der Waals surface area (Å²) in [4.78, 5) is 0. The second-order valence-corrected chi connectivity index (χ2v) is 4.01. The van der Waals surface area contributed by atoms with Crippen LogP contribution in [0.2, 0.25) is 0 Å². The first-order valence-electron chi connectivity index (χ1n) is 5.19. The van der Waals surface area contributed by atoms with E-state index in [4.69, 9.17) is 15.3 Å². The lowest BCUT2D eigenvalue weighted by Crippen LogP contribution is -2.38. The van der Waals surface area contributed by atoms with Crippen molar-refractivity contribution in [2.75, 3.05) is 19.8 Å². The van der Waals surface area contributed by atoms with Gasteiger partial charge in [-0.2, -0.15) is 0 Å². The Morgan fingerprint density at radius 2 is 2.06 bits per heavy atom. The highest BCUT2D eigenvalue weighted by molar-refractivity contribution is 5.45. The van der Waals surface area contributed by atoms with Crippen LogP contribution >= 0.6 is 0 Å². The van der Waals surface area contributed by atoms with Crippen molar-refractivity contribution < 1.29 is 14.6 Å². The number of hydrogen-bond donors (Lipinski definition) is 3. The lowest BCUT2D eigenvalue weighted by molar-refractivity contribution is 0.0565. The normalized spacial score (nSPS) is 17.9. The van der Waals surface area contributed by atoms with Crippen molar-refractivity contribution in [1.29, 1.82) is 0 Å². The molecule has 0 aliphatic carbocycles. The van der Waals surface area contributed by atoms with Crippen molar-refractivity contribution in [2.24, 2.45) is 5.84 Å². The molecule has 0 saturated carbocycles. The van der Waals surface area contributed by atoms with Gasteiger partial charge in [0.1, 0.15) is 18.8 Å². The molecule has 5 nitrogen and oxygen atoms in total. The van der Waals surface area contributed by atoms with Gasteiger partial charge in [-0.15, -0.1) is 0 Å². The van der Waals surface area contributed by atoms with Gasteiger partial charge in [0, 0.05) is 6.54 Å². The predicted octanol–water partition coefficient (Wildman–Crippen LogP) is 0.129. The van der Waals surface area contributed by atoms with Gasteiger partial charge in [-0.05, 0) is 24.6 Å². The summed E-state index contributed by atoms with van der Waals surface area (Å²) >= 11 is 0. The van der Waals surface area contributed by atoms with E-state index in [9.17, 15) is 5.11 Å². The summed E-state index contributed by atoms with van der Waals surface area (Å²) in [7, 11) is 0. The summed E-state index contributed by atoms with van der Waals surface area (Å²) in [5.74, 6) is 6.61. The highest BCUT2D eigenvalue weighted by Gasteiger charge is 2.24. The molecule has 1 aliphatic heterocycles. The average molecular weight is 224 g/mol. The van der Waals surface area contributed by atoms with Crippen LogP contribution in [0.1, 0.15) is 12.5 Å². The fourth-order valence-electron chi connectivity index (χ4n) is 1.68. The van der Waals surface area contributed by atoms with Crippen LogP contribution in [-0.4, -0.2) is 24.9 Å². The smallest absolute Gasteiger partial charge is 0.161 e. The van der Waals surface area contributed by atoms with Gasteiger partial charge in [0.05, 0.1) is 0 Å². The quantitative estimate of drug-likeness (QED) is 0.502. The van der Waals surface area contributed by atoms with Gasteiger partial charge in [-0.3, -0.25) is 11.3 Å². The van der Waals surface area contributed by atoms with Crippen LogP contribution in [0.4, 0.5) is 0 Å². The molecule has 0 amide bonds. The zero-order valence-electron chi connectivity index (χ0n) is 9.19. The maximum Gasteiger partial charge on any atom is 0.161 e. The Hall–Kier alpha value is -1.30. The molecule has 0 fully saturated rings. The Balaban J connectivity index is 2.29.